The van der Waals surface area contributed by atoms with Crippen molar-refractivity contribution in [1.82, 2.24) is 5.48 Å². The maximum absolute atomic E-state index is 8.42. The van der Waals surface area contributed by atoms with Crippen LogP contribution in [-0.4, -0.2) is 38.6 Å². The SMILES string of the molecule is COCCONCCCCO. The van der Waals surface area contributed by atoms with Gasteiger partial charge in [0.2, 0.25) is 0 Å². The third-order valence-electron chi connectivity index (χ3n) is 1.18. The molecule has 4 nitrogen and oxygen atoms in total. The molecule has 0 aliphatic rings. The molecule has 0 rings (SSSR count). The first kappa shape index (κ1) is 10.8. The Morgan fingerprint density at radius 2 is 2.09 bits per heavy atom. The zero-order valence-electron chi connectivity index (χ0n) is 7.01. The molecule has 0 bridgehead atoms. The van der Waals surface area contributed by atoms with Crippen LogP contribution in [0.2, 0.25) is 0 Å². The third-order valence-corrected chi connectivity index (χ3v) is 1.18. The average Bonchev–Trinajstić information content (AvgIpc) is 2.03. The molecule has 0 aromatic heterocycles. The lowest BCUT2D eigenvalue weighted by Gasteiger charge is -2.03. The highest BCUT2D eigenvalue weighted by atomic mass is 16.7. The summed E-state index contributed by atoms with van der Waals surface area (Å²) in [5, 5.41) is 8.42. The molecule has 0 radical (unpaired) electrons. The molecule has 4 heteroatoms. The molecule has 0 unspecified atom stereocenters. The van der Waals surface area contributed by atoms with E-state index >= 15 is 0 Å². The van der Waals surface area contributed by atoms with Gasteiger partial charge in [-0.05, 0) is 12.8 Å². The lowest BCUT2D eigenvalue weighted by Crippen LogP contribution is -2.18. The van der Waals surface area contributed by atoms with Gasteiger partial charge in [0.05, 0.1) is 13.2 Å². The van der Waals surface area contributed by atoms with Crippen molar-refractivity contribution in [1.29, 1.82) is 0 Å². The lowest BCUT2D eigenvalue weighted by atomic mass is 10.3. The molecule has 68 valence electrons. The lowest BCUT2D eigenvalue weighted by molar-refractivity contribution is 0.00610. The summed E-state index contributed by atoms with van der Waals surface area (Å²) in [6, 6.07) is 0. The predicted octanol–water partition coefficient (Wildman–Crippen LogP) is -0.0735. The molecular weight excluding hydrogens is 146 g/mol. The average molecular weight is 163 g/mol. The molecule has 2 N–H and O–H groups in total. The van der Waals surface area contributed by atoms with Gasteiger partial charge >= 0.3 is 0 Å². The maximum atomic E-state index is 8.42. The van der Waals surface area contributed by atoms with E-state index < -0.39 is 0 Å². The Bertz CT molecular complexity index is 62.7. The Morgan fingerprint density at radius 1 is 1.27 bits per heavy atom. The van der Waals surface area contributed by atoms with Crippen molar-refractivity contribution in [2.75, 3.05) is 33.5 Å². The molecule has 0 saturated carbocycles. The van der Waals surface area contributed by atoms with Crippen LogP contribution in [-0.2, 0) is 9.57 Å². The first-order chi connectivity index (χ1) is 5.41. The number of unbranched alkanes of at least 4 members (excludes halogenated alkanes) is 1. The fourth-order valence-corrected chi connectivity index (χ4v) is 0.578. The van der Waals surface area contributed by atoms with Gasteiger partial charge in [-0.15, -0.1) is 0 Å². The molecule has 0 atom stereocenters. The van der Waals surface area contributed by atoms with Crippen molar-refractivity contribution >= 4 is 0 Å². The molecule has 0 amide bonds. The van der Waals surface area contributed by atoms with Gasteiger partial charge in [-0.2, -0.15) is 0 Å². The summed E-state index contributed by atoms with van der Waals surface area (Å²) < 4.78 is 4.76. The maximum Gasteiger partial charge on any atom is 0.0915 e. The number of nitrogens with one attached hydrogen (secondary N) is 1. The van der Waals surface area contributed by atoms with Crippen LogP contribution in [0.25, 0.3) is 0 Å². The van der Waals surface area contributed by atoms with E-state index in [2.05, 4.69) is 5.48 Å². The van der Waals surface area contributed by atoms with Crippen molar-refractivity contribution in [3.05, 3.63) is 0 Å². The van der Waals surface area contributed by atoms with E-state index in [0.717, 1.165) is 19.4 Å². The summed E-state index contributed by atoms with van der Waals surface area (Å²) >= 11 is 0. The smallest absolute Gasteiger partial charge is 0.0915 e. The molecule has 0 saturated heterocycles. The van der Waals surface area contributed by atoms with Crippen LogP contribution >= 0.6 is 0 Å². The minimum Gasteiger partial charge on any atom is -0.396 e. The van der Waals surface area contributed by atoms with E-state index in [4.69, 9.17) is 14.7 Å². The number of methoxy groups -OCH3 is 1. The van der Waals surface area contributed by atoms with E-state index in [1.54, 1.807) is 7.11 Å². The fraction of sp³-hybridized carbons (Fsp3) is 1.00. The molecule has 0 aromatic rings. The van der Waals surface area contributed by atoms with Crippen LogP contribution in [0, 0.1) is 0 Å². The molecule has 11 heavy (non-hydrogen) atoms. The molecule has 0 aliphatic carbocycles. The van der Waals surface area contributed by atoms with E-state index in [1.807, 2.05) is 0 Å². The molecular formula is C7H17NO3. The number of hydroxylamine groups is 1. The standard InChI is InChI=1S/C7H17NO3/c1-10-6-7-11-8-4-2-3-5-9/h8-9H,2-7H2,1H3. The van der Waals surface area contributed by atoms with Crippen molar-refractivity contribution in [3.8, 4) is 0 Å². The van der Waals surface area contributed by atoms with Crippen LogP contribution in [0.1, 0.15) is 12.8 Å². The molecule has 0 spiro atoms. The van der Waals surface area contributed by atoms with Gasteiger partial charge in [0.25, 0.3) is 0 Å². The Balaban J connectivity index is 2.69. The second-order valence-electron chi connectivity index (χ2n) is 2.17. The number of hydrogen-bond donors (Lipinski definition) is 2. The number of aliphatic hydroxyl groups excluding tert-OH is 1. The van der Waals surface area contributed by atoms with E-state index in [0.29, 0.717) is 13.2 Å². The minimum atomic E-state index is 0.250. The Morgan fingerprint density at radius 3 is 2.73 bits per heavy atom. The normalized spacial score (nSPS) is 10.4. The van der Waals surface area contributed by atoms with Crippen molar-refractivity contribution in [3.63, 3.8) is 0 Å². The first-order valence-corrected chi connectivity index (χ1v) is 3.86. The largest absolute Gasteiger partial charge is 0.396 e. The molecule has 0 aromatic carbocycles. The van der Waals surface area contributed by atoms with Gasteiger partial charge in [-0.1, -0.05) is 0 Å². The van der Waals surface area contributed by atoms with Gasteiger partial charge < -0.3 is 9.84 Å². The van der Waals surface area contributed by atoms with E-state index in [9.17, 15) is 0 Å². The first-order valence-electron chi connectivity index (χ1n) is 3.86. The van der Waals surface area contributed by atoms with Crippen molar-refractivity contribution in [2.45, 2.75) is 12.8 Å². The quantitative estimate of drug-likeness (QED) is 0.388. The summed E-state index contributed by atoms with van der Waals surface area (Å²) in [6.45, 7) is 2.20. The number of hydrogen-bond acceptors (Lipinski definition) is 4. The van der Waals surface area contributed by atoms with Crippen LogP contribution in [0.15, 0.2) is 0 Å². The van der Waals surface area contributed by atoms with Crippen LogP contribution in [0.5, 0.6) is 0 Å². The van der Waals surface area contributed by atoms with Crippen molar-refractivity contribution < 1.29 is 14.7 Å². The number of rotatable bonds is 8. The van der Waals surface area contributed by atoms with Crippen molar-refractivity contribution in [2.24, 2.45) is 0 Å². The molecule has 0 aliphatic heterocycles. The summed E-state index contributed by atoms with van der Waals surface area (Å²) in [5.41, 5.74) is 2.76. The van der Waals surface area contributed by atoms with E-state index in [1.165, 1.54) is 0 Å². The summed E-state index contributed by atoms with van der Waals surface area (Å²) in [6.07, 6.45) is 1.75. The number of ether oxygens (including phenoxy) is 1. The van der Waals surface area contributed by atoms with Gasteiger partial charge in [0.15, 0.2) is 0 Å². The summed E-state index contributed by atoms with van der Waals surface area (Å²) in [7, 11) is 1.63. The third kappa shape index (κ3) is 9.84. The van der Waals surface area contributed by atoms with E-state index in [-0.39, 0.29) is 6.61 Å². The Kier molecular flexibility index (Phi) is 9.70. The zero-order chi connectivity index (χ0) is 8.36. The molecule has 0 heterocycles. The highest BCUT2D eigenvalue weighted by Gasteiger charge is 1.87. The second-order valence-corrected chi connectivity index (χ2v) is 2.17. The second kappa shape index (κ2) is 9.84. The Labute approximate surface area is 67.5 Å². The highest BCUT2D eigenvalue weighted by Crippen LogP contribution is 1.83. The van der Waals surface area contributed by atoms with Crippen LogP contribution in [0.3, 0.4) is 0 Å². The zero-order valence-corrected chi connectivity index (χ0v) is 7.01. The number of aliphatic hydroxyl groups is 1. The fourth-order valence-electron chi connectivity index (χ4n) is 0.578. The topological polar surface area (TPSA) is 50.7 Å². The summed E-state index contributed by atoms with van der Waals surface area (Å²) in [4.78, 5) is 4.96. The minimum absolute atomic E-state index is 0.250. The van der Waals surface area contributed by atoms with Gasteiger partial charge in [-0.25, -0.2) is 5.48 Å². The van der Waals surface area contributed by atoms with Gasteiger partial charge in [0, 0.05) is 20.3 Å². The monoisotopic (exact) mass is 163 g/mol. The predicted molar refractivity (Wildman–Crippen MR) is 42.2 cm³/mol. The van der Waals surface area contributed by atoms with Crippen LogP contribution < -0.4 is 5.48 Å². The van der Waals surface area contributed by atoms with Crippen LogP contribution in [0.4, 0.5) is 0 Å². The highest BCUT2D eigenvalue weighted by molar-refractivity contribution is 4.37. The molecule has 0 fully saturated rings. The summed E-state index contributed by atoms with van der Waals surface area (Å²) in [5.74, 6) is 0. The Hall–Kier alpha value is -0.160. The van der Waals surface area contributed by atoms with Gasteiger partial charge in [0.1, 0.15) is 0 Å². The van der Waals surface area contributed by atoms with Gasteiger partial charge in [-0.3, -0.25) is 4.84 Å².